The summed E-state index contributed by atoms with van der Waals surface area (Å²) in [4.78, 5) is 29.4. The Hall–Kier alpha value is -1.63. The van der Waals surface area contributed by atoms with Crippen molar-refractivity contribution in [1.82, 2.24) is 15.2 Å². The second-order valence-electron chi connectivity index (χ2n) is 5.26. The molecule has 3 rings (SSSR count). The summed E-state index contributed by atoms with van der Waals surface area (Å²) in [5.41, 5.74) is 0. The summed E-state index contributed by atoms with van der Waals surface area (Å²) in [7, 11) is 0. The Kier molecular flexibility index (Phi) is 4.10. The van der Waals surface area contributed by atoms with Gasteiger partial charge in [-0.1, -0.05) is 0 Å². The molecule has 1 aromatic heterocycles. The Balaban J connectivity index is 1.57. The van der Waals surface area contributed by atoms with Crippen LogP contribution >= 0.6 is 15.9 Å². The normalized spacial score (nSPS) is 25.0. The van der Waals surface area contributed by atoms with Crippen LogP contribution in [0.5, 0.6) is 5.88 Å². The van der Waals surface area contributed by atoms with Crippen LogP contribution in [-0.4, -0.2) is 46.9 Å². The number of nitrogens with one attached hydrogen (secondary N) is 1. The summed E-state index contributed by atoms with van der Waals surface area (Å²) in [5.74, 6) is 0.496. The summed E-state index contributed by atoms with van der Waals surface area (Å²) in [6, 6.07) is 3.33. The molecular formula is C14H16BrN3O3. The number of hydrogen-bond donors (Lipinski definition) is 1. The van der Waals surface area contributed by atoms with Crippen molar-refractivity contribution in [3.05, 3.63) is 22.8 Å². The van der Waals surface area contributed by atoms with Crippen molar-refractivity contribution >= 4 is 27.7 Å². The smallest absolute Gasteiger partial charge is 0.245 e. The Bertz CT molecular complexity index is 566. The van der Waals surface area contributed by atoms with Crippen LogP contribution in [0.3, 0.4) is 0 Å². The molecule has 2 atom stereocenters. The van der Waals surface area contributed by atoms with Crippen molar-refractivity contribution in [3.8, 4) is 5.88 Å². The van der Waals surface area contributed by atoms with Gasteiger partial charge in [0.15, 0.2) is 0 Å². The molecule has 0 saturated carbocycles. The summed E-state index contributed by atoms with van der Waals surface area (Å²) in [6.07, 6.45) is 3.41. The number of pyridine rings is 1. The van der Waals surface area contributed by atoms with E-state index in [0.717, 1.165) is 10.9 Å². The van der Waals surface area contributed by atoms with E-state index in [1.165, 1.54) is 0 Å². The minimum absolute atomic E-state index is 0.00737. The van der Waals surface area contributed by atoms with E-state index >= 15 is 0 Å². The Morgan fingerprint density at radius 2 is 2.33 bits per heavy atom. The van der Waals surface area contributed by atoms with Gasteiger partial charge in [0.25, 0.3) is 0 Å². The highest BCUT2D eigenvalue weighted by Crippen LogP contribution is 2.25. The Morgan fingerprint density at radius 3 is 3.05 bits per heavy atom. The first-order valence-corrected chi connectivity index (χ1v) is 7.78. The lowest BCUT2D eigenvalue weighted by Gasteiger charge is -2.20. The maximum atomic E-state index is 12.3. The highest BCUT2D eigenvalue weighted by molar-refractivity contribution is 9.10. The van der Waals surface area contributed by atoms with Crippen molar-refractivity contribution in [2.75, 3.05) is 13.1 Å². The molecule has 2 aliphatic heterocycles. The molecule has 0 aromatic carbocycles. The standard InChI is InChI=1S/C14H16BrN3O3/c15-10-2-1-6-16-13(10)21-9-5-7-18(8-9)14(20)11-3-4-12(19)17-11/h1-2,6,9,11H,3-5,7-8H2,(H,17,19). The molecule has 6 nitrogen and oxygen atoms in total. The van der Waals surface area contributed by atoms with E-state index < -0.39 is 0 Å². The second-order valence-corrected chi connectivity index (χ2v) is 6.12. The van der Waals surface area contributed by atoms with E-state index in [2.05, 4.69) is 26.2 Å². The zero-order chi connectivity index (χ0) is 14.8. The molecule has 2 aliphatic rings. The van der Waals surface area contributed by atoms with E-state index in [1.54, 1.807) is 11.1 Å². The van der Waals surface area contributed by atoms with Gasteiger partial charge in [0.1, 0.15) is 12.1 Å². The van der Waals surface area contributed by atoms with Crippen LogP contribution in [0, 0.1) is 0 Å². The van der Waals surface area contributed by atoms with E-state index in [1.807, 2.05) is 12.1 Å². The third-order valence-corrected chi connectivity index (χ3v) is 4.36. The number of likely N-dealkylation sites (tertiary alicyclic amines) is 1. The number of carbonyl (C=O) groups excluding carboxylic acids is 2. The highest BCUT2D eigenvalue weighted by Gasteiger charge is 2.35. The predicted molar refractivity (Wildman–Crippen MR) is 78.7 cm³/mol. The topological polar surface area (TPSA) is 71.5 Å². The zero-order valence-electron chi connectivity index (χ0n) is 11.4. The predicted octanol–water partition coefficient (Wildman–Crippen LogP) is 1.10. The van der Waals surface area contributed by atoms with E-state index in [9.17, 15) is 9.59 Å². The van der Waals surface area contributed by atoms with Crippen molar-refractivity contribution in [3.63, 3.8) is 0 Å². The summed E-state index contributed by atoms with van der Waals surface area (Å²) in [5, 5.41) is 2.71. The number of rotatable bonds is 3. The largest absolute Gasteiger partial charge is 0.472 e. The third-order valence-electron chi connectivity index (χ3n) is 3.75. The number of halogens is 1. The number of aromatic nitrogens is 1. The maximum absolute atomic E-state index is 12.3. The highest BCUT2D eigenvalue weighted by atomic mass is 79.9. The van der Waals surface area contributed by atoms with Gasteiger partial charge in [-0.2, -0.15) is 0 Å². The molecule has 0 spiro atoms. The first-order chi connectivity index (χ1) is 10.1. The molecule has 112 valence electrons. The first kappa shape index (κ1) is 14.3. The third kappa shape index (κ3) is 3.18. The molecule has 7 heteroatoms. The summed E-state index contributed by atoms with van der Waals surface area (Å²) >= 11 is 3.39. The van der Waals surface area contributed by atoms with Gasteiger partial charge >= 0.3 is 0 Å². The van der Waals surface area contributed by atoms with Crippen LogP contribution in [0.15, 0.2) is 22.8 Å². The summed E-state index contributed by atoms with van der Waals surface area (Å²) in [6.45, 7) is 1.19. The van der Waals surface area contributed by atoms with Crippen LogP contribution in [0.2, 0.25) is 0 Å². The molecule has 0 aliphatic carbocycles. The van der Waals surface area contributed by atoms with E-state index in [4.69, 9.17) is 4.74 Å². The van der Waals surface area contributed by atoms with Crippen molar-refractivity contribution < 1.29 is 14.3 Å². The minimum atomic E-state index is -0.363. The fourth-order valence-electron chi connectivity index (χ4n) is 2.66. The molecule has 2 saturated heterocycles. The number of hydrogen-bond acceptors (Lipinski definition) is 4. The number of carbonyl (C=O) groups is 2. The van der Waals surface area contributed by atoms with Crippen LogP contribution < -0.4 is 10.1 Å². The first-order valence-electron chi connectivity index (χ1n) is 6.99. The number of ether oxygens (including phenoxy) is 1. The zero-order valence-corrected chi connectivity index (χ0v) is 13.0. The van der Waals surface area contributed by atoms with Crippen LogP contribution in [-0.2, 0) is 9.59 Å². The molecular weight excluding hydrogens is 338 g/mol. The number of nitrogens with zero attached hydrogens (tertiary/aromatic N) is 2. The van der Waals surface area contributed by atoms with E-state index in [0.29, 0.717) is 31.8 Å². The van der Waals surface area contributed by atoms with E-state index in [-0.39, 0.29) is 24.0 Å². The molecule has 2 amide bonds. The van der Waals surface area contributed by atoms with Crippen molar-refractivity contribution in [2.24, 2.45) is 0 Å². The van der Waals surface area contributed by atoms with Gasteiger partial charge in [-0.05, 0) is 34.5 Å². The average molecular weight is 354 g/mol. The van der Waals surface area contributed by atoms with Crippen LogP contribution in [0.4, 0.5) is 0 Å². The minimum Gasteiger partial charge on any atom is -0.472 e. The second kappa shape index (κ2) is 6.01. The fraction of sp³-hybridized carbons (Fsp3) is 0.500. The fourth-order valence-corrected chi connectivity index (χ4v) is 3.01. The maximum Gasteiger partial charge on any atom is 0.245 e. The molecule has 21 heavy (non-hydrogen) atoms. The van der Waals surface area contributed by atoms with Gasteiger partial charge in [-0.3, -0.25) is 9.59 Å². The van der Waals surface area contributed by atoms with Gasteiger partial charge in [0, 0.05) is 25.6 Å². The summed E-state index contributed by atoms with van der Waals surface area (Å²) < 4.78 is 6.63. The van der Waals surface area contributed by atoms with Gasteiger partial charge < -0.3 is 15.0 Å². The average Bonchev–Trinajstić information content (AvgIpc) is 3.10. The van der Waals surface area contributed by atoms with Crippen molar-refractivity contribution in [2.45, 2.75) is 31.4 Å². The van der Waals surface area contributed by atoms with Gasteiger partial charge in [-0.25, -0.2) is 4.98 Å². The SMILES string of the molecule is O=C1CCC(C(=O)N2CCC(Oc3ncccc3Br)C2)N1. The number of amides is 2. The molecule has 0 bridgehead atoms. The van der Waals surface area contributed by atoms with Gasteiger partial charge in [-0.15, -0.1) is 0 Å². The Labute approximate surface area is 131 Å². The van der Waals surface area contributed by atoms with Crippen molar-refractivity contribution in [1.29, 1.82) is 0 Å². The molecule has 1 aromatic rings. The molecule has 2 unspecified atom stereocenters. The molecule has 3 heterocycles. The quantitative estimate of drug-likeness (QED) is 0.883. The van der Waals surface area contributed by atoms with Gasteiger partial charge in [0.05, 0.1) is 11.0 Å². The molecule has 2 fully saturated rings. The monoisotopic (exact) mass is 353 g/mol. The molecule has 1 N–H and O–H groups in total. The molecule has 0 radical (unpaired) electrons. The van der Waals surface area contributed by atoms with Gasteiger partial charge in [0.2, 0.25) is 17.7 Å². The lowest BCUT2D eigenvalue weighted by Crippen LogP contribution is -2.44. The Morgan fingerprint density at radius 1 is 1.48 bits per heavy atom. The lowest BCUT2D eigenvalue weighted by molar-refractivity contribution is -0.133. The van der Waals surface area contributed by atoms with Crippen LogP contribution in [0.25, 0.3) is 0 Å². The lowest BCUT2D eigenvalue weighted by atomic mass is 10.2. The van der Waals surface area contributed by atoms with Crippen LogP contribution in [0.1, 0.15) is 19.3 Å².